The highest BCUT2D eigenvalue weighted by atomic mass is 127. The number of methoxy groups -OCH3 is 1. The molecule has 0 spiro atoms. The smallest absolute Gasteiger partial charge is 0.261 e. The van der Waals surface area contributed by atoms with Crippen molar-refractivity contribution in [2.45, 2.75) is 32.4 Å². The van der Waals surface area contributed by atoms with Gasteiger partial charge in [0.15, 0.2) is 0 Å². The van der Waals surface area contributed by atoms with Crippen LogP contribution < -0.4 is 20.9 Å². The van der Waals surface area contributed by atoms with Gasteiger partial charge in [0, 0.05) is 15.8 Å². The first-order valence-corrected chi connectivity index (χ1v) is 10.9. The number of halogens is 1. The Labute approximate surface area is 188 Å². The zero-order valence-electron chi connectivity index (χ0n) is 16.9. The molecule has 1 aromatic heterocycles. The van der Waals surface area contributed by atoms with Crippen molar-refractivity contribution in [2.24, 2.45) is 5.73 Å². The maximum Gasteiger partial charge on any atom is 0.261 e. The molecule has 1 amide bonds. The van der Waals surface area contributed by atoms with Crippen LogP contribution in [-0.4, -0.2) is 35.2 Å². The fourth-order valence-electron chi connectivity index (χ4n) is 4.01. The number of aryl methyl sites for hydroxylation is 1. The highest BCUT2D eigenvalue weighted by Crippen LogP contribution is 2.30. The number of rotatable bonds is 5. The molecule has 2 aromatic carbocycles. The second-order valence-electron chi connectivity index (χ2n) is 7.48. The minimum absolute atomic E-state index is 0.0945. The predicted octanol–water partition coefficient (Wildman–Crippen LogP) is 2.82. The SMILES string of the molecule is COc1ccc(Cn2c(C)nc3c(I)cc(N4CCC[C@H]4C(N)=O)cc3c2=O)cc1. The van der Waals surface area contributed by atoms with Gasteiger partial charge in [-0.1, -0.05) is 12.1 Å². The van der Waals surface area contributed by atoms with E-state index >= 15 is 0 Å². The fraction of sp³-hybridized carbons (Fsp3) is 0.318. The van der Waals surface area contributed by atoms with Gasteiger partial charge in [-0.25, -0.2) is 4.98 Å². The number of carbonyl (C=O) groups excluding carboxylic acids is 1. The number of primary amides is 1. The van der Waals surface area contributed by atoms with Crippen LogP contribution in [0.2, 0.25) is 0 Å². The molecule has 0 radical (unpaired) electrons. The molecule has 8 heteroatoms. The summed E-state index contributed by atoms with van der Waals surface area (Å²) in [4.78, 5) is 31.9. The number of hydrogen-bond donors (Lipinski definition) is 1. The summed E-state index contributed by atoms with van der Waals surface area (Å²) in [5.74, 6) is 1.10. The maximum atomic E-state index is 13.4. The monoisotopic (exact) mass is 518 g/mol. The summed E-state index contributed by atoms with van der Waals surface area (Å²) in [5, 5.41) is 0.547. The fourth-order valence-corrected chi connectivity index (χ4v) is 4.74. The third-order valence-electron chi connectivity index (χ3n) is 5.60. The van der Waals surface area contributed by atoms with E-state index in [1.54, 1.807) is 11.7 Å². The number of hydrogen-bond acceptors (Lipinski definition) is 5. The molecule has 0 unspecified atom stereocenters. The number of ether oxygens (including phenoxy) is 1. The molecular weight excluding hydrogens is 495 g/mol. The van der Waals surface area contributed by atoms with Crippen molar-refractivity contribution in [3.63, 3.8) is 0 Å². The number of nitrogens with two attached hydrogens (primary N) is 1. The molecule has 2 heterocycles. The van der Waals surface area contributed by atoms with Crippen molar-refractivity contribution in [1.29, 1.82) is 0 Å². The van der Waals surface area contributed by atoms with Crippen LogP contribution in [0.4, 0.5) is 5.69 Å². The lowest BCUT2D eigenvalue weighted by Gasteiger charge is -2.25. The summed E-state index contributed by atoms with van der Waals surface area (Å²) < 4.78 is 7.77. The Balaban J connectivity index is 1.79. The van der Waals surface area contributed by atoms with E-state index in [0.717, 1.165) is 40.0 Å². The Hall–Kier alpha value is -2.62. The number of carbonyl (C=O) groups is 1. The first-order valence-electron chi connectivity index (χ1n) is 9.78. The summed E-state index contributed by atoms with van der Waals surface area (Å²) in [5.41, 5.74) is 8.00. The summed E-state index contributed by atoms with van der Waals surface area (Å²) in [6.45, 7) is 3.01. The second kappa shape index (κ2) is 8.25. The minimum Gasteiger partial charge on any atom is -0.497 e. The molecule has 156 valence electrons. The van der Waals surface area contributed by atoms with Crippen LogP contribution in [0.5, 0.6) is 5.75 Å². The number of anilines is 1. The molecule has 4 rings (SSSR count). The van der Waals surface area contributed by atoms with Crippen molar-refractivity contribution >= 4 is 45.1 Å². The molecule has 2 N–H and O–H groups in total. The van der Waals surface area contributed by atoms with E-state index in [1.807, 2.05) is 48.2 Å². The molecule has 1 fully saturated rings. The second-order valence-corrected chi connectivity index (χ2v) is 8.64. The minimum atomic E-state index is -0.335. The predicted molar refractivity (Wildman–Crippen MR) is 125 cm³/mol. The molecule has 30 heavy (non-hydrogen) atoms. The molecule has 0 bridgehead atoms. The van der Waals surface area contributed by atoms with Crippen molar-refractivity contribution in [1.82, 2.24) is 9.55 Å². The molecule has 7 nitrogen and oxygen atoms in total. The van der Waals surface area contributed by atoms with E-state index in [1.165, 1.54) is 0 Å². The van der Waals surface area contributed by atoms with Gasteiger partial charge in [-0.3, -0.25) is 14.2 Å². The third kappa shape index (κ3) is 3.76. The zero-order valence-corrected chi connectivity index (χ0v) is 19.0. The third-order valence-corrected chi connectivity index (χ3v) is 6.42. The molecular formula is C22H23IN4O3. The van der Waals surface area contributed by atoms with Gasteiger partial charge in [0.1, 0.15) is 17.6 Å². The molecule has 1 saturated heterocycles. The highest BCUT2D eigenvalue weighted by Gasteiger charge is 2.30. The Morgan fingerprint density at radius 1 is 1.30 bits per heavy atom. The first kappa shape index (κ1) is 20.6. The maximum absolute atomic E-state index is 13.4. The number of fused-ring (bicyclic) bond motifs is 1. The standard InChI is InChI=1S/C22H23IN4O3/c1-13-25-20-17(22(29)27(13)12-14-5-7-16(30-2)8-6-14)10-15(11-18(20)23)26-9-3-4-19(26)21(24)28/h5-8,10-11,19H,3-4,9,12H2,1-2H3,(H2,24,28)/t19-/m0/s1. The van der Waals surface area contributed by atoms with Crippen LogP contribution in [0.1, 0.15) is 24.2 Å². The Bertz CT molecular complexity index is 1170. The normalized spacial score (nSPS) is 16.2. The topological polar surface area (TPSA) is 90.4 Å². The number of benzene rings is 2. The summed E-state index contributed by atoms with van der Waals surface area (Å²) in [6.07, 6.45) is 1.63. The van der Waals surface area contributed by atoms with E-state index < -0.39 is 0 Å². The zero-order chi connectivity index (χ0) is 21.4. The molecule has 3 aromatic rings. The van der Waals surface area contributed by atoms with E-state index in [-0.39, 0.29) is 17.5 Å². The quantitative estimate of drug-likeness (QED) is 0.525. The van der Waals surface area contributed by atoms with Gasteiger partial charge >= 0.3 is 0 Å². The van der Waals surface area contributed by atoms with Crippen molar-refractivity contribution in [3.05, 3.63) is 61.7 Å². The van der Waals surface area contributed by atoms with Crippen LogP contribution in [0.15, 0.2) is 41.2 Å². The number of nitrogens with zero attached hydrogens (tertiary/aromatic N) is 3. The van der Waals surface area contributed by atoms with Gasteiger partial charge in [-0.2, -0.15) is 0 Å². The Morgan fingerprint density at radius 3 is 2.70 bits per heavy atom. The molecule has 1 aliphatic rings. The van der Waals surface area contributed by atoms with Crippen LogP contribution in [0.3, 0.4) is 0 Å². The summed E-state index contributed by atoms with van der Waals surface area (Å²) in [6, 6.07) is 11.1. The Kier molecular flexibility index (Phi) is 5.68. The number of amides is 1. The molecule has 1 aliphatic heterocycles. The van der Waals surface area contributed by atoms with E-state index in [9.17, 15) is 9.59 Å². The number of aromatic nitrogens is 2. The van der Waals surface area contributed by atoms with E-state index in [0.29, 0.717) is 23.3 Å². The van der Waals surface area contributed by atoms with Gasteiger partial charge in [-0.15, -0.1) is 0 Å². The molecule has 0 aliphatic carbocycles. The van der Waals surface area contributed by atoms with Gasteiger partial charge < -0.3 is 15.4 Å². The van der Waals surface area contributed by atoms with E-state index in [2.05, 4.69) is 22.6 Å². The average molecular weight is 518 g/mol. The van der Waals surface area contributed by atoms with E-state index in [4.69, 9.17) is 15.5 Å². The van der Waals surface area contributed by atoms with Crippen LogP contribution >= 0.6 is 22.6 Å². The lowest BCUT2D eigenvalue weighted by Crippen LogP contribution is -2.40. The largest absolute Gasteiger partial charge is 0.497 e. The van der Waals surface area contributed by atoms with Crippen molar-refractivity contribution < 1.29 is 9.53 Å². The molecule has 1 atom stereocenters. The van der Waals surface area contributed by atoms with Gasteiger partial charge in [0.05, 0.1) is 24.6 Å². The Morgan fingerprint density at radius 2 is 2.03 bits per heavy atom. The van der Waals surface area contributed by atoms with Gasteiger partial charge in [-0.05, 0) is 72.2 Å². The van der Waals surface area contributed by atoms with Crippen LogP contribution in [0, 0.1) is 10.5 Å². The summed E-state index contributed by atoms with van der Waals surface area (Å²) >= 11 is 2.20. The van der Waals surface area contributed by atoms with Crippen molar-refractivity contribution in [2.75, 3.05) is 18.6 Å². The molecule has 0 saturated carbocycles. The van der Waals surface area contributed by atoms with Crippen molar-refractivity contribution in [3.8, 4) is 5.75 Å². The van der Waals surface area contributed by atoms with Crippen LogP contribution in [-0.2, 0) is 11.3 Å². The highest BCUT2D eigenvalue weighted by molar-refractivity contribution is 14.1. The first-order chi connectivity index (χ1) is 14.4. The summed E-state index contributed by atoms with van der Waals surface area (Å²) in [7, 11) is 1.62. The van der Waals surface area contributed by atoms with Gasteiger partial charge in [0.25, 0.3) is 5.56 Å². The average Bonchev–Trinajstić information content (AvgIpc) is 3.22. The van der Waals surface area contributed by atoms with Gasteiger partial charge in [0.2, 0.25) is 5.91 Å². The lowest BCUT2D eigenvalue weighted by molar-refractivity contribution is -0.119. The van der Waals surface area contributed by atoms with Crippen LogP contribution in [0.25, 0.3) is 10.9 Å². The lowest BCUT2D eigenvalue weighted by atomic mass is 10.1.